The minimum absolute atomic E-state index is 0.129. The van der Waals surface area contributed by atoms with Crippen LogP contribution in [0.25, 0.3) is 4.85 Å². The summed E-state index contributed by atoms with van der Waals surface area (Å²) in [5.41, 5.74) is 5.81. The molecule has 0 saturated carbocycles. The van der Waals surface area contributed by atoms with Crippen LogP contribution in [-0.4, -0.2) is 24.5 Å². The molecule has 3 rings (SSSR count). The third-order valence-corrected chi connectivity index (χ3v) is 7.01. The number of ether oxygens (including phenoxy) is 1. The molecule has 0 fully saturated rings. The molecule has 31 heavy (non-hydrogen) atoms. The van der Waals surface area contributed by atoms with Gasteiger partial charge >= 0.3 is 0 Å². The normalized spacial score (nSPS) is 21.4. The molecular formula is C27H35FN2O. The van der Waals surface area contributed by atoms with E-state index in [1.807, 2.05) is 32.9 Å². The largest absolute Gasteiger partial charge is 0.358 e. The van der Waals surface area contributed by atoms with E-state index in [2.05, 4.69) is 50.6 Å². The lowest BCUT2D eigenvalue weighted by Gasteiger charge is -2.37. The van der Waals surface area contributed by atoms with E-state index in [4.69, 9.17) is 11.3 Å². The zero-order valence-electron chi connectivity index (χ0n) is 20.1. The van der Waals surface area contributed by atoms with Gasteiger partial charge in [-0.2, -0.15) is 0 Å². The van der Waals surface area contributed by atoms with Crippen molar-refractivity contribution in [2.75, 3.05) is 13.6 Å². The maximum absolute atomic E-state index is 14.3. The zero-order chi connectivity index (χ0) is 23.1. The van der Waals surface area contributed by atoms with Crippen molar-refractivity contribution < 1.29 is 9.13 Å². The summed E-state index contributed by atoms with van der Waals surface area (Å²) >= 11 is 0. The Labute approximate surface area is 187 Å². The predicted molar refractivity (Wildman–Crippen MR) is 125 cm³/mol. The molecule has 0 spiro atoms. The second-order valence-electron chi connectivity index (χ2n) is 9.61. The molecule has 0 radical (unpaired) electrons. The quantitative estimate of drug-likeness (QED) is 0.466. The molecule has 2 unspecified atom stereocenters. The van der Waals surface area contributed by atoms with Crippen molar-refractivity contribution in [1.82, 2.24) is 4.90 Å². The molecule has 0 N–H and O–H groups in total. The number of hydrogen-bond acceptors (Lipinski definition) is 2. The highest BCUT2D eigenvalue weighted by Crippen LogP contribution is 2.53. The van der Waals surface area contributed by atoms with Crippen molar-refractivity contribution in [2.45, 2.75) is 72.6 Å². The molecule has 0 aliphatic carbocycles. The summed E-state index contributed by atoms with van der Waals surface area (Å²) in [7, 11) is 2.15. The first-order valence-electron chi connectivity index (χ1n) is 11.2. The van der Waals surface area contributed by atoms with Crippen LogP contribution in [0.1, 0.15) is 73.6 Å². The van der Waals surface area contributed by atoms with Crippen LogP contribution < -0.4 is 0 Å². The molecule has 0 aromatic heterocycles. The molecule has 166 valence electrons. The number of halogens is 1. The molecule has 0 saturated heterocycles. The molecule has 1 aliphatic heterocycles. The summed E-state index contributed by atoms with van der Waals surface area (Å²) in [6.45, 7) is 23.0. The van der Waals surface area contributed by atoms with E-state index in [9.17, 15) is 4.39 Å². The highest BCUT2D eigenvalue weighted by atomic mass is 19.1. The summed E-state index contributed by atoms with van der Waals surface area (Å²) in [6, 6.07) is 8.05. The summed E-state index contributed by atoms with van der Waals surface area (Å²) in [5.74, 6) is 0.172. The molecule has 0 bridgehead atoms. The second kappa shape index (κ2) is 8.73. The maximum Gasteiger partial charge on any atom is 0.190 e. The van der Waals surface area contributed by atoms with E-state index in [1.165, 1.54) is 0 Å². The average Bonchev–Trinajstić information content (AvgIpc) is 2.96. The summed E-state index contributed by atoms with van der Waals surface area (Å²) in [6.07, 6.45) is 0.667. The Morgan fingerprint density at radius 3 is 2.42 bits per heavy atom. The van der Waals surface area contributed by atoms with Crippen molar-refractivity contribution in [3.63, 3.8) is 0 Å². The van der Waals surface area contributed by atoms with Gasteiger partial charge in [0.05, 0.1) is 12.7 Å². The van der Waals surface area contributed by atoms with Gasteiger partial charge in [0.15, 0.2) is 5.69 Å². The Balaban J connectivity index is 2.20. The number of rotatable bonds is 6. The van der Waals surface area contributed by atoms with E-state index in [0.29, 0.717) is 23.2 Å². The SMILES string of the molecule is [C-]#[N+]c1cc2c(cc1C)[C@](CC(C)CN(C)C(C)C)(c1ccc(F)c(C)c1C)OC2C. The molecule has 3 atom stereocenters. The zero-order valence-corrected chi connectivity index (χ0v) is 20.1. The fraction of sp³-hybridized carbons (Fsp3) is 0.519. The first-order valence-corrected chi connectivity index (χ1v) is 11.2. The lowest BCUT2D eigenvalue weighted by Crippen LogP contribution is -2.36. The van der Waals surface area contributed by atoms with Crippen LogP contribution in [0.15, 0.2) is 24.3 Å². The van der Waals surface area contributed by atoms with Gasteiger partial charge in [-0.15, -0.1) is 0 Å². The van der Waals surface area contributed by atoms with Gasteiger partial charge in [0.1, 0.15) is 11.4 Å². The van der Waals surface area contributed by atoms with Crippen LogP contribution >= 0.6 is 0 Å². The van der Waals surface area contributed by atoms with Crippen LogP contribution in [0, 0.1) is 39.1 Å². The second-order valence-corrected chi connectivity index (χ2v) is 9.61. The van der Waals surface area contributed by atoms with Gasteiger partial charge < -0.3 is 9.64 Å². The van der Waals surface area contributed by atoms with E-state index >= 15 is 0 Å². The number of nitrogens with zero attached hydrogens (tertiary/aromatic N) is 2. The first-order chi connectivity index (χ1) is 14.5. The molecule has 0 amide bonds. The van der Waals surface area contributed by atoms with E-state index in [0.717, 1.165) is 40.8 Å². The highest BCUT2D eigenvalue weighted by molar-refractivity contribution is 5.61. The highest BCUT2D eigenvalue weighted by Gasteiger charge is 2.47. The van der Waals surface area contributed by atoms with E-state index in [-0.39, 0.29) is 11.9 Å². The van der Waals surface area contributed by atoms with Gasteiger partial charge in [0, 0.05) is 12.6 Å². The topological polar surface area (TPSA) is 16.8 Å². The first kappa shape index (κ1) is 23.4. The predicted octanol–water partition coefficient (Wildman–Crippen LogP) is 7.00. The third kappa shape index (κ3) is 4.14. The minimum Gasteiger partial charge on any atom is -0.358 e. The third-order valence-electron chi connectivity index (χ3n) is 7.01. The van der Waals surface area contributed by atoms with Gasteiger partial charge in [-0.05, 0) is 100 Å². The van der Waals surface area contributed by atoms with Crippen molar-refractivity contribution in [2.24, 2.45) is 5.92 Å². The Hall–Kier alpha value is -2.22. The van der Waals surface area contributed by atoms with Gasteiger partial charge in [0.25, 0.3) is 0 Å². The molecule has 3 nitrogen and oxygen atoms in total. The fourth-order valence-electron chi connectivity index (χ4n) is 4.91. The fourth-order valence-corrected chi connectivity index (χ4v) is 4.91. The van der Waals surface area contributed by atoms with Crippen LogP contribution in [0.3, 0.4) is 0 Å². The van der Waals surface area contributed by atoms with Crippen molar-refractivity contribution in [1.29, 1.82) is 0 Å². The Morgan fingerprint density at radius 2 is 1.81 bits per heavy atom. The maximum atomic E-state index is 14.3. The summed E-state index contributed by atoms with van der Waals surface area (Å²) in [4.78, 5) is 6.06. The minimum atomic E-state index is -0.653. The Bertz CT molecular complexity index is 1020. The average molecular weight is 423 g/mol. The molecular weight excluding hydrogens is 387 g/mol. The number of benzene rings is 2. The van der Waals surface area contributed by atoms with Crippen LogP contribution in [-0.2, 0) is 10.3 Å². The van der Waals surface area contributed by atoms with Crippen LogP contribution in [0.5, 0.6) is 0 Å². The standard InChI is InChI=1S/C27H35FN2O/c1-16(2)30(9)15-17(3)14-27(23-10-11-25(28)20(6)19(23)5)24-12-18(4)26(29-8)13-22(24)21(7)31-27/h10-13,16-17,21H,14-15H2,1-7,9H3/t17?,21?,27-/m0/s1. The molecule has 1 aliphatic rings. The van der Waals surface area contributed by atoms with Crippen molar-refractivity contribution >= 4 is 5.69 Å². The summed E-state index contributed by atoms with van der Waals surface area (Å²) in [5, 5.41) is 0. The van der Waals surface area contributed by atoms with Crippen LogP contribution in [0.4, 0.5) is 10.1 Å². The Kier molecular flexibility index (Phi) is 6.60. The van der Waals surface area contributed by atoms with Crippen molar-refractivity contribution in [3.05, 3.63) is 74.9 Å². The lowest BCUT2D eigenvalue weighted by molar-refractivity contribution is -0.0567. The number of hydrogen-bond donors (Lipinski definition) is 0. The summed E-state index contributed by atoms with van der Waals surface area (Å²) < 4.78 is 21.2. The molecule has 2 aromatic carbocycles. The molecule has 2 aromatic rings. The van der Waals surface area contributed by atoms with Crippen LogP contribution in [0.2, 0.25) is 0 Å². The van der Waals surface area contributed by atoms with Gasteiger partial charge in [-0.25, -0.2) is 9.24 Å². The van der Waals surface area contributed by atoms with E-state index < -0.39 is 5.60 Å². The van der Waals surface area contributed by atoms with Gasteiger partial charge in [-0.3, -0.25) is 0 Å². The monoisotopic (exact) mass is 422 g/mol. The molecule has 1 heterocycles. The molecule has 4 heteroatoms. The van der Waals surface area contributed by atoms with Gasteiger partial charge in [-0.1, -0.05) is 25.1 Å². The smallest absolute Gasteiger partial charge is 0.190 e. The number of fused-ring (bicyclic) bond motifs is 1. The lowest BCUT2D eigenvalue weighted by atomic mass is 9.76. The Morgan fingerprint density at radius 1 is 1.13 bits per heavy atom. The van der Waals surface area contributed by atoms with E-state index in [1.54, 1.807) is 6.07 Å². The van der Waals surface area contributed by atoms with Gasteiger partial charge in [0.2, 0.25) is 0 Å². The number of aryl methyl sites for hydroxylation is 1. The van der Waals surface area contributed by atoms with Crippen molar-refractivity contribution in [3.8, 4) is 0 Å².